The van der Waals surface area contributed by atoms with Crippen LogP contribution in [0.2, 0.25) is 0 Å². The van der Waals surface area contributed by atoms with E-state index in [-0.39, 0.29) is 24.3 Å². The van der Waals surface area contributed by atoms with Crippen molar-refractivity contribution in [3.05, 3.63) is 35.4 Å². The number of rotatable bonds is 2. The number of amidine groups is 1. The first kappa shape index (κ1) is 16.7. The van der Waals surface area contributed by atoms with E-state index in [1.165, 1.54) is 11.1 Å². The van der Waals surface area contributed by atoms with Crippen molar-refractivity contribution in [2.45, 2.75) is 43.5 Å². The summed E-state index contributed by atoms with van der Waals surface area (Å²) in [6.07, 6.45) is 12.7. The SMILES string of the molecule is C#CCC1(CC#C)OC(N2CCC3(CC2)OCc2ccccc23)=NC1=O. The van der Waals surface area contributed by atoms with Gasteiger partial charge < -0.3 is 14.4 Å². The number of hydrogen-bond donors (Lipinski definition) is 0. The first-order valence-electron chi connectivity index (χ1n) is 8.79. The van der Waals surface area contributed by atoms with Gasteiger partial charge in [-0.25, -0.2) is 0 Å². The second-order valence-electron chi connectivity index (χ2n) is 6.98. The standard InChI is InChI=1S/C21H20N2O3/c1-3-9-21(10-4-2)18(24)22-19(26-21)23-13-11-20(12-14-23)17-8-6-5-7-16(17)15-25-20/h1-2,5-8H,9-15H2. The van der Waals surface area contributed by atoms with Crippen molar-refractivity contribution < 1.29 is 14.3 Å². The summed E-state index contributed by atoms with van der Waals surface area (Å²) in [7, 11) is 0. The Morgan fingerprint density at radius 2 is 1.85 bits per heavy atom. The number of benzene rings is 1. The van der Waals surface area contributed by atoms with Crippen LogP contribution in [0.15, 0.2) is 29.3 Å². The van der Waals surface area contributed by atoms with Gasteiger partial charge in [0.15, 0.2) is 0 Å². The lowest BCUT2D eigenvalue weighted by molar-refractivity contribution is -0.130. The molecule has 1 saturated heterocycles. The largest absolute Gasteiger partial charge is 0.446 e. The van der Waals surface area contributed by atoms with E-state index >= 15 is 0 Å². The van der Waals surface area contributed by atoms with Crippen LogP contribution in [0.1, 0.15) is 36.8 Å². The number of ether oxygens (including phenoxy) is 2. The number of terminal acetylenes is 2. The molecule has 26 heavy (non-hydrogen) atoms. The molecule has 1 spiro atoms. The maximum Gasteiger partial charge on any atom is 0.296 e. The first-order chi connectivity index (χ1) is 12.6. The van der Waals surface area contributed by atoms with Crippen molar-refractivity contribution >= 4 is 11.9 Å². The van der Waals surface area contributed by atoms with Crippen LogP contribution in [0.5, 0.6) is 0 Å². The van der Waals surface area contributed by atoms with Crippen LogP contribution in [0.4, 0.5) is 0 Å². The van der Waals surface area contributed by atoms with Crippen molar-refractivity contribution in [1.29, 1.82) is 0 Å². The minimum atomic E-state index is -1.20. The monoisotopic (exact) mass is 348 g/mol. The smallest absolute Gasteiger partial charge is 0.296 e. The second-order valence-corrected chi connectivity index (χ2v) is 6.98. The Kier molecular flexibility index (Phi) is 3.98. The van der Waals surface area contributed by atoms with Crippen LogP contribution in [0, 0.1) is 24.7 Å². The molecule has 1 aromatic rings. The molecule has 4 rings (SSSR count). The highest BCUT2D eigenvalue weighted by atomic mass is 16.5. The third-order valence-corrected chi connectivity index (χ3v) is 5.50. The van der Waals surface area contributed by atoms with Gasteiger partial charge in [0.05, 0.1) is 25.0 Å². The number of aliphatic imine (C=N–C) groups is 1. The highest BCUT2D eigenvalue weighted by molar-refractivity contribution is 6.01. The average molecular weight is 348 g/mol. The van der Waals surface area contributed by atoms with Crippen molar-refractivity contribution in [1.82, 2.24) is 4.90 Å². The van der Waals surface area contributed by atoms with Crippen LogP contribution < -0.4 is 0 Å². The molecule has 132 valence electrons. The summed E-state index contributed by atoms with van der Waals surface area (Å²) in [6.45, 7) is 2.05. The Morgan fingerprint density at radius 1 is 1.15 bits per heavy atom. The quantitative estimate of drug-likeness (QED) is 0.769. The number of piperidine rings is 1. The first-order valence-corrected chi connectivity index (χ1v) is 8.79. The van der Waals surface area contributed by atoms with Crippen LogP contribution in [-0.4, -0.2) is 35.5 Å². The molecule has 5 nitrogen and oxygen atoms in total. The molecule has 1 fully saturated rings. The summed E-state index contributed by atoms with van der Waals surface area (Å²) in [5.41, 5.74) is 1.08. The van der Waals surface area contributed by atoms with E-state index in [2.05, 4.69) is 35.0 Å². The molecular weight excluding hydrogens is 328 g/mol. The summed E-state index contributed by atoms with van der Waals surface area (Å²) in [5, 5.41) is 0. The summed E-state index contributed by atoms with van der Waals surface area (Å²) < 4.78 is 12.1. The molecule has 3 heterocycles. The third kappa shape index (κ3) is 2.48. The lowest BCUT2D eigenvalue weighted by Gasteiger charge is -2.39. The molecule has 1 aromatic carbocycles. The van der Waals surface area contributed by atoms with Gasteiger partial charge in [0.25, 0.3) is 11.9 Å². The van der Waals surface area contributed by atoms with Gasteiger partial charge in [0.2, 0.25) is 5.60 Å². The van der Waals surface area contributed by atoms with Crippen LogP contribution in [-0.2, 0) is 26.5 Å². The minimum Gasteiger partial charge on any atom is -0.446 e. The minimum absolute atomic E-state index is 0.122. The van der Waals surface area contributed by atoms with Crippen LogP contribution in [0.3, 0.4) is 0 Å². The number of carbonyl (C=O) groups is 1. The number of fused-ring (bicyclic) bond motifs is 2. The van der Waals surface area contributed by atoms with Crippen molar-refractivity contribution in [3.8, 4) is 24.7 Å². The molecule has 3 aliphatic rings. The molecule has 3 aliphatic heterocycles. The van der Waals surface area contributed by atoms with Crippen LogP contribution >= 0.6 is 0 Å². The molecule has 0 aliphatic carbocycles. The van der Waals surface area contributed by atoms with Gasteiger partial charge in [-0.2, -0.15) is 4.99 Å². The Morgan fingerprint density at radius 3 is 2.54 bits per heavy atom. The van der Waals surface area contributed by atoms with Gasteiger partial charge in [-0.15, -0.1) is 24.7 Å². The third-order valence-electron chi connectivity index (χ3n) is 5.50. The fraction of sp³-hybridized carbons (Fsp3) is 0.429. The zero-order valence-electron chi connectivity index (χ0n) is 14.5. The molecule has 5 heteroatoms. The topological polar surface area (TPSA) is 51.1 Å². The average Bonchev–Trinajstić information content (AvgIpc) is 3.16. The van der Waals surface area contributed by atoms with Gasteiger partial charge in [0, 0.05) is 13.1 Å². The van der Waals surface area contributed by atoms with Crippen molar-refractivity contribution in [2.24, 2.45) is 4.99 Å². The van der Waals surface area contributed by atoms with E-state index in [0.717, 1.165) is 12.8 Å². The fourth-order valence-electron chi connectivity index (χ4n) is 4.04. The molecule has 0 aromatic heterocycles. The lowest BCUT2D eigenvalue weighted by Crippen LogP contribution is -2.47. The Bertz CT molecular complexity index is 835. The highest BCUT2D eigenvalue weighted by Crippen LogP contribution is 2.44. The zero-order chi connectivity index (χ0) is 18.2. The van der Waals surface area contributed by atoms with E-state index in [1.807, 2.05) is 11.0 Å². The number of amides is 1. The molecule has 0 bridgehead atoms. The zero-order valence-corrected chi connectivity index (χ0v) is 14.5. The predicted molar refractivity (Wildman–Crippen MR) is 96.9 cm³/mol. The number of hydrogen-bond acceptors (Lipinski definition) is 4. The normalized spacial score (nSPS) is 22.3. The van der Waals surface area contributed by atoms with Gasteiger partial charge in [-0.3, -0.25) is 4.79 Å². The molecule has 0 unspecified atom stereocenters. The summed E-state index contributed by atoms with van der Waals surface area (Å²) in [4.78, 5) is 18.5. The summed E-state index contributed by atoms with van der Waals surface area (Å²) in [6, 6.07) is 8.70. The summed E-state index contributed by atoms with van der Waals surface area (Å²) >= 11 is 0. The van der Waals surface area contributed by atoms with Gasteiger partial charge in [-0.05, 0) is 24.0 Å². The lowest BCUT2D eigenvalue weighted by atomic mass is 9.84. The number of nitrogens with zero attached hydrogens (tertiary/aromatic N) is 2. The van der Waals surface area contributed by atoms with E-state index in [0.29, 0.717) is 25.7 Å². The highest BCUT2D eigenvalue weighted by Gasteiger charge is 2.49. The molecule has 0 saturated carbocycles. The Balaban J connectivity index is 1.48. The van der Waals surface area contributed by atoms with Crippen LogP contribution in [0.25, 0.3) is 0 Å². The molecule has 0 atom stereocenters. The fourth-order valence-corrected chi connectivity index (χ4v) is 4.04. The molecule has 0 N–H and O–H groups in total. The Labute approximate surface area is 153 Å². The van der Waals surface area contributed by atoms with E-state index in [9.17, 15) is 4.79 Å². The molecule has 0 radical (unpaired) electrons. The van der Waals surface area contributed by atoms with Crippen molar-refractivity contribution in [2.75, 3.05) is 13.1 Å². The number of carbonyl (C=O) groups excluding carboxylic acids is 1. The van der Waals surface area contributed by atoms with Gasteiger partial charge >= 0.3 is 0 Å². The van der Waals surface area contributed by atoms with Gasteiger partial charge in [0.1, 0.15) is 0 Å². The van der Waals surface area contributed by atoms with E-state index < -0.39 is 5.60 Å². The maximum absolute atomic E-state index is 12.4. The second kappa shape index (κ2) is 6.20. The van der Waals surface area contributed by atoms with E-state index in [4.69, 9.17) is 22.3 Å². The predicted octanol–water partition coefficient (Wildman–Crippen LogP) is 2.21. The number of likely N-dealkylation sites (tertiary alicyclic amines) is 1. The summed E-state index contributed by atoms with van der Waals surface area (Å²) in [5.74, 6) is 4.59. The van der Waals surface area contributed by atoms with E-state index in [1.54, 1.807) is 0 Å². The van der Waals surface area contributed by atoms with Gasteiger partial charge in [-0.1, -0.05) is 24.3 Å². The molecule has 1 amide bonds. The van der Waals surface area contributed by atoms with Crippen molar-refractivity contribution in [3.63, 3.8) is 0 Å². The molecular formula is C21H20N2O3. The maximum atomic E-state index is 12.4. The Hall–Kier alpha value is -2.76.